The Labute approximate surface area is 167 Å². The van der Waals surface area contributed by atoms with Gasteiger partial charge in [-0.25, -0.2) is 9.87 Å². The number of nitrogens with one attached hydrogen (secondary N) is 3. The minimum Gasteiger partial charge on any atom is -0.354 e. The van der Waals surface area contributed by atoms with Crippen molar-refractivity contribution in [3.05, 3.63) is 71.1 Å². The second kappa shape index (κ2) is 7.13. The van der Waals surface area contributed by atoms with Gasteiger partial charge in [0.2, 0.25) is 0 Å². The van der Waals surface area contributed by atoms with Gasteiger partial charge in [-0.2, -0.15) is 0 Å². The summed E-state index contributed by atoms with van der Waals surface area (Å²) in [5.41, 5.74) is 7.89. The van der Waals surface area contributed by atoms with E-state index in [9.17, 15) is 4.79 Å². The fraction of sp³-hybridized carbons (Fsp3) is 0.261. The molecule has 6 heteroatoms. The van der Waals surface area contributed by atoms with Gasteiger partial charge < -0.3 is 10.3 Å². The van der Waals surface area contributed by atoms with Gasteiger partial charge in [-0.1, -0.05) is 12.1 Å². The standard InChI is InChI=1S/C23H22FN3O2/c1-2-5-13-10-14(11-17(24)20(13)18-8-4-9-25-18)22-16-12-29-27-23(28)15-6-3-7-19(26-22)21(15)16/h2-3,6-7,10-11,18,25-26H,1,4-5,8-9,12H2,(H,27,28). The molecular weight excluding hydrogens is 369 g/mol. The summed E-state index contributed by atoms with van der Waals surface area (Å²) in [6.45, 7) is 4.97. The highest BCUT2D eigenvalue weighted by atomic mass is 19.1. The second-order valence-electron chi connectivity index (χ2n) is 7.60. The number of aromatic nitrogens is 1. The molecule has 1 aromatic heterocycles. The summed E-state index contributed by atoms with van der Waals surface area (Å²) in [6.07, 6.45) is 4.38. The largest absolute Gasteiger partial charge is 0.354 e. The van der Waals surface area contributed by atoms with E-state index in [0.29, 0.717) is 12.0 Å². The van der Waals surface area contributed by atoms with E-state index < -0.39 is 0 Å². The number of benzene rings is 2. The highest BCUT2D eigenvalue weighted by molar-refractivity contribution is 6.09. The van der Waals surface area contributed by atoms with E-state index in [0.717, 1.165) is 58.2 Å². The number of carbonyl (C=O) groups excluding carboxylic acids is 1. The molecule has 0 bridgehead atoms. The van der Waals surface area contributed by atoms with Crippen LogP contribution in [0.1, 0.15) is 45.9 Å². The monoisotopic (exact) mass is 391 g/mol. The first kappa shape index (κ1) is 18.1. The molecule has 2 aliphatic heterocycles. The minimum absolute atomic E-state index is 0.0417. The SMILES string of the molecule is C=CCc1cc(-c2[nH]c3cccc4c3c2CONC4=O)cc(F)c1C1CCCN1. The molecule has 3 N–H and O–H groups in total. The molecule has 0 saturated carbocycles. The maximum Gasteiger partial charge on any atom is 0.275 e. The van der Waals surface area contributed by atoms with Gasteiger partial charge in [0.1, 0.15) is 12.4 Å². The second-order valence-corrected chi connectivity index (χ2v) is 7.60. The van der Waals surface area contributed by atoms with E-state index in [2.05, 4.69) is 22.4 Å². The normalized spacial score (nSPS) is 18.7. The first-order valence-electron chi connectivity index (χ1n) is 9.90. The Morgan fingerprint density at radius 1 is 1.31 bits per heavy atom. The van der Waals surface area contributed by atoms with Crippen LogP contribution in [0.2, 0.25) is 0 Å². The molecule has 2 aromatic carbocycles. The van der Waals surface area contributed by atoms with Crippen molar-refractivity contribution in [2.45, 2.75) is 31.9 Å². The average molecular weight is 391 g/mol. The van der Waals surface area contributed by atoms with Gasteiger partial charge in [0.25, 0.3) is 5.91 Å². The Balaban J connectivity index is 1.71. The third kappa shape index (κ3) is 2.96. The van der Waals surface area contributed by atoms with E-state index in [1.165, 1.54) is 0 Å². The van der Waals surface area contributed by atoms with E-state index in [1.54, 1.807) is 18.2 Å². The van der Waals surface area contributed by atoms with Crippen LogP contribution in [0.25, 0.3) is 22.2 Å². The average Bonchev–Trinajstić information content (AvgIpc) is 3.32. The van der Waals surface area contributed by atoms with Crippen LogP contribution < -0.4 is 10.8 Å². The van der Waals surface area contributed by atoms with Gasteiger partial charge in [0.15, 0.2) is 0 Å². The molecule has 0 spiro atoms. The van der Waals surface area contributed by atoms with Crippen molar-refractivity contribution in [3.8, 4) is 11.3 Å². The third-order valence-corrected chi connectivity index (χ3v) is 5.83. The van der Waals surface area contributed by atoms with Crippen molar-refractivity contribution in [2.75, 3.05) is 6.54 Å². The molecule has 5 nitrogen and oxygen atoms in total. The number of aromatic amines is 1. The Kier molecular flexibility index (Phi) is 4.45. The smallest absolute Gasteiger partial charge is 0.275 e. The molecule has 0 radical (unpaired) electrons. The van der Waals surface area contributed by atoms with Crippen molar-refractivity contribution in [1.82, 2.24) is 15.8 Å². The molecule has 0 aliphatic carbocycles. The lowest BCUT2D eigenvalue weighted by Crippen LogP contribution is -2.21. The van der Waals surface area contributed by atoms with Crippen molar-refractivity contribution < 1.29 is 14.0 Å². The van der Waals surface area contributed by atoms with E-state index in [1.807, 2.05) is 18.2 Å². The lowest BCUT2D eigenvalue weighted by atomic mass is 9.92. The van der Waals surface area contributed by atoms with Gasteiger partial charge in [0, 0.05) is 33.6 Å². The van der Waals surface area contributed by atoms with Crippen LogP contribution in [0.3, 0.4) is 0 Å². The van der Waals surface area contributed by atoms with Gasteiger partial charge >= 0.3 is 0 Å². The number of hydrogen-bond donors (Lipinski definition) is 3. The molecule has 3 aromatic rings. The third-order valence-electron chi connectivity index (χ3n) is 5.83. The van der Waals surface area contributed by atoms with Crippen LogP contribution in [0.15, 0.2) is 43.0 Å². The molecule has 148 valence electrons. The maximum atomic E-state index is 15.3. The Morgan fingerprint density at radius 2 is 2.21 bits per heavy atom. The predicted molar refractivity (Wildman–Crippen MR) is 110 cm³/mol. The lowest BCUT2D eigenvalue weighted by molar-refractivity contribution is 0.0256. The fourth-order valence-corrected chi connectivity index (χ4v) is 4.59. The zero-order chi connectivity index (χ0) is 20.0. The van der Waals surface area contributed by atoms with Crippen LogP contribution in [0.4, 0.5) is 4.39 Å². The minimum atomic E-state index is -0.277. The fourth-order valence-electron chi connectivity index (χ4n) is 4.59. The van der Waals surface area contributed by atoms with E-state index >= 15 is 4.39 Å². The molecular formula is C23H22FN3O2. The van der Waals surface area contributed by atoms with Crippen LogP contribution in [-0.4, -0.2) is 17.4 Å². The highest BCUT2D eigenvalue weighted by Gasteiger charge is 2.26. The lowest BCUT2D eigenvalue weighted by Gasteiger charge is -2.18. The summed E-state index contributed by atoms with van der Waals surface area (Å²) in [6, 6.07) is 9.17. The quantitative estimate of drug-likeness (QED) is 0.581. The topological polar surface area (TPSA) is 66.1 Å². The molecule has 1 amide bonds. The first-order chi connectivity index (χ1) is 14.2. The van der Waals surface area contributed by atoms with Crippen LogP contribution in [0, 0.1) is 5.82 Å². The summed E-state index contributed by atoms with van der Waals surface area (Å²) in [4.78, 5) is 21.0. The van der Waals surface area contributed by atoms with Crippen molar-refractivity contribution in [2.24, 2.45) is 0 Å². The van der Waals surface area contributed by atoms with Crippen molar-refractivity contribution in [3.63, 3.8) is 0 Å². The number of rotatable bonds is 4. The molecule has 1 atom stereocenters. The number of H-pyrrole nitrogens is 1. The number of hydrogen-bond acceptors (Lipinski definition) is 3. The van der Waals surface area contributed by atoms with Gasteiger partial charge in [-0.15, -0.1) is 6.58 Å². The number of halogens is 1. The molecule has 2 aliphatic rings. The van der Waals surface area contributed by atoms with Gasteiger partial charge in [0.05, 0.1) is 11.3 Å². The molecule has 3 heterocycles. The number of carbonyl (C=O) groups is 1. The van der Waals surface area contributed by atoms with Gasteiger partial charge in [-0.3, -0.25) is 9.63 Å². The summed E-state index contributed by atoms with van der Waals surface area (Å²) in [5.74, 6) is -0.491. The zero-order valence-corrected chi connectivity index (χ0v) is 16.0. The predicted octanol–water partition coefficient (Wildman–Crippen LogP) is 4.30. The summed E-state index contributed by atoms with van der Waals surface area (Å²) >= 11 is 0. The molecule has 29 heavy (non-hydrogen) atoms. The van der Waals surface area contributed by atoms with Crippen LogP contribution in [-0.2, 0) is 17.9 Å². The molecule has 1 saturated heterocycles. The van der Waals surface area contributed by atoms with Crippen LogP contribution in [0.5, 0.6) is 0 Å². The number of hydroxylamine groups is 1. The van der Waals surface area contributed by atoms with E-state index in [-0.39, 0.29) is 24.4 Å². The molecule has 1 fully saturated rings. The van der Waals surface area contributed by atoms with Crippen molar-refractivity contribution in [1.29, 1.82) is 0 Å². The number of amides is 1. The summed E-state index contributed by atoms with van der Waals surface area (Å²) in [5, 5.41) is 4.22. The summed E-state index contributed by atoms with van der Waals surface area (Å²) in [7, 11) is 0. The Hall–Kier alpha value is -2.96. The molecule has 1 unspecified atom stereocenters. The highest BCUT2D eigenvalue weighted by Crippen LogP contribution is 2.37. The van der Waals surface area contributed by atoms with Crippen molar-refractivity contribution >= 4 is 16.8 Å². The zero-order valence-electron chi connectivity index (χ0n) is 16.0. The van der Waals surface area contributed by atoms with Gasteiger partial charge in [-0.05, 0) is 55.6 Å². The first-order valence-corrected chi connectivity index (χ1v) is 9.90. The Bertz CT molecular complexity index is 1130. The molecule has 5 rings (SSSR count). The van der Waals surface area contributed by atoms with Crippen LogP contribution >= 0.6 is 0 Å². The Morgan fingerprint density at radius 3 is 3.00 bits per heavy atom. The maximum absolute atomic E-state index is 15.3. The van der Waals surface area contributed by atoms with E-state index in [4.69, 9.17) is 4.84 Å². The number of allylic oxidation sites excluding steroid dienone is 1. The summed E-state index contributed by atoms with van der Waals surface area (Å²) < 4.78 is 15.3.